The van der Waals surface area contributed by atoms with Crippen LogP contribution in [0.4, 0.5) is 5.69 Å². The SMILES string of the molecule is Cc1ccc(S(=O)(=O)NC(Cc2ccc(OCCC3CCN(c4ccncc4)CC3)cc2)C(=O)O)cc1.[H-].[Li+]. The largest absolute Gasteiger partial charge is 1.00 e. The summed E-state index contributed by atoms with van der Waals surface area (Å²) >= 11 is 0. The maximum Gasteiger partial charge on any atom is 1.00 e. The van der Waals surface area contributed by atoms with Gasteiger partial charge in [0.25, 0.3) is 0 Å². The van der Waals surface area contributed by atoms with E-state index in [0.717, 1.165) is 37.9 Å². The van der Waals surface area contributed by atoms with Gasteiger partial charge in [-0.15, -0.1) is 0 Å². The van der Waals surface area contributed by atoms with Crippen molar-refractivity contribution in [3.05, 3.63) is 84.2 Å². The van der Waals surface area contributed by atoms with Crippen molar-refractivity contribution in [1.29, 1.82) is 0 Å². The number of carboxylic acids is 1. The van der Waals surface area contributed by atoms with Crippen molar-refractivity contribution in [2.75, 3.05) is 24.6 Å². The van der Waals surface area contributed by atoms with Gasteiger partial charge in [0.05, 0.1) is 11.5 Å². The Labute approximate surface area is 238 Å². The fourth-order valence-corrected chi connectivity index (χ4v) is 5.68. The molecule has 1 unspecified atom stereocenters. The summed E-state index contributed by atoms with van der Waals surface area (Å²) in [5.74, 6) is 0.103. The third-order valence-electron chi connectivity index (χ3n) is 6.73. The van der Waals surface area contributed by atoms with Gasteiger partial charge in [-0.25, -0.2) is 8.42 Å². The first-order valence-corrected chi connectivity index (χ1v) is 14.0. The second-order valence-corrected chi connectivity index (χ2v) is 11.2. The summed E-state index contributed by atoms with van der Waals surface area (Å²) in [6.45, 7) is 4.53. The molecule has 0 radical (unpaired) electrons. The minimum atomic E-state index is -3.95. The van der Waals surface area contributed by atoms with Gasteiger partial charge in [0.15, 0.2) is 0 Å². The molecule has 2 heterocycles. The van der Waals surface area contributed by atoms with Crippen LogP contribution >= 0.6 is 0 Å². The molecule has 2 aromatic carbocycles. The predicted octanol–water partition coefficient (Wildman–Crippen LogP) is 1.17. The normalized spacial score (nSPS) is 14.9. The van der Waals surface area contributed by atoms with Gasteiger partial charge in [0.2, 0.25) is 10.0 Å². The van der Waals surface area contributed by atoms with E-state index in [9.17, 15) is 18.3 Å². The Hall–Kier alpha value is -2.83. The van der Waals surface area contributed by atoms with E-state index in [1.165, 1.54) is 17.8 Å². The van der Waals surface area contributed by atoms with Crippen molar-refractivity contribution in [2.24, 2.45) is 5.92 Å². The maximum absolute atomic E-state index is 12.6. The second-order valence-electron chi connectivity index (χ2n) is 9.45. The van der Waals surface area contributed by atoms with Gasteiger partial charge in [-0.05, 0) is 80.5 Å². The first-order chi connectivity index (χ1) is 17.8. The zero-order valence-electron chi connectivity index (χ0n) is 22.9. The van der Waals surface area contributed by atoms with Crippen LogP contribution in [0.5, 0.6) is 5.75 Å². The van der Waals surface area contributed by atoms with Crippen LogP contribution in [0.15, 0.2) is 78.0 Å². The number of anilines is 1. The molecular weight excluding hydrogens is 497 g/mol. The molecule has 1 aliphatic rings. The Bertz CT molecular complexity index is 1270. The van der Waals surface area contributed by atoms with Crippen molar-refractivity contribution >= 4 is 21.7 Å². The quantitative estimate of drug-likeness (QED) is 0.358. The molecule has 4 rings (SSSR count). The molecule has 2 N–H and O–H groups in total. The van der Waals surface area contributed by atoms with E-state index in [2.05, 4.69) is 14.6 Å². The van der Waals surface area contributed by atoms with Crippen molar-refractivity contribution < 1.29 is 43.3 Å². The number of aliphatic carboxylic acids is 1. The average Bonchev–Trinajstić information content (AvgIpc) is 2.90. The number of aromatic nitrogens is 1. The third-order valence-corrected chi connectivity index (χ3v) is 8.21. The van der Waals surface area contributed by atoms with Crippen LogP contribution in [0, 0.1) is 12.8 Å². The molecule has 38 heavy (non-hydrogen) atoms. The van der Waals surface area contributed by atoms with E-state index in [-0.39, 0.29) is 31.6 Å². The molecule has 0 saturated carbocycles. The van der Waals surface area contributed by atoms with Crippen LogP contribution in [0.3, 0.4) is 0 Å². The monoisotopic (exact) mass is 531 g/mol. The Morgan fingerprint density at radius 1 is 1.08 bits per heavy atom. The number of piperidine rings is 1. The van der Waals surface area contributed by atoms with E-state index < -0.39 is 22.0 Å². The van der Waals surface area contributed by atoms with Gasteiger partial charge in [0, 0.05) is 31.2 Å². The summed E-state index contributed by atoms with van der Waals surface area (Å²) in [4.78, 5) is 18.3. The van der Waals surface area contributed by atoms with Gasteiger partial charge in [-0.1, -0.05) is 29.8 Å². The maximum atomic E-state index is 12.6. The van der Waals surface area contributed by atoms with Gasteiger partial charge in [0.1, 0.15) is 11.8 Å². The smallest absolute Gasteiger partial charge is 1.00 e. The molecule has 1 fully saturated rings. The molecule has 0 spiro atoms. The number of pyridine rings is 1. The number of carbonyl (C=O) groups is 1. The van der Waals surface area contributed by atoms with E-state index in [0.29, 0.717) is 23.8 Å². The summed E-state index contributed by atoms with van der Waals surface area (Å²) in [7, 11) is -3.95. The number of hydrogen-bond acceptors (Lipinski definition) is 6. The summed E-state index contributed by atoms with van der Waals surface area (Å²) in [5, 5.41) is 9.61. The van der Waals surface area contributed by atoms with Crippen LogP contribution in [-0.4, -0.2) is 50.2 Å². The Morgan fingerprint density at radius 3 is 2.32 bits per heavy atom. The predicted molar refractivity (Wildman–Crippen MR) is 143 cm³/mol. The first-order valence-electron chi connectivity index (χ1n) is 12.5. The molecular formula is C28H34LiN3O5S. The van der Waals surface area contributed by atoms with Crippen molar-refractivity contribution in [2.45, 2.75) is 43.5 Å². The Morgan fingerprint density at radius 2 is 1.71 bits per heavy atom. The minimum Gasteiger partial charge on any atom is -1.00 e. The summed E-state index contributed by atoms with van der Waals surface area (Å²) in [6, 6.07) is 16.2. The van der Waals surface area contributed by atoms with E-state index >= 15 is 0 Å². The van der Waals surface area contributed by atoms with Gasteiger partial charge < -0.3 is 16.2 Å². The third kappa shape index (κ3) is 8.34. The number of ether oxygens (including phenoxy) is 1. The number of sulfonamides is 1. The summed E-state index contributed by atoms with van der Waals surface area (Å²) < 4.78 is 33.5. The van der Waals surface area contributed by atoms with Gasteiger partial charge in [-0.2, -0.15) is 4.72 Å². The number of aryl methyl sites for hydroxylation is 1. The zero-order chi connectivity index (χ0) is 26.3. The Kier molecular flexibility index (Phi) is 10.8. The molecule has 0 amide bonds. The van der Waals surface area contributed by atoms with Crippen molar-refractivity contribution in [3.8, 4) is 5.75 Å². The molecule has 10 heteroatoms. The number of benzene rings is 2. The molecule has 0 bridgehead atoms. The van der Waals surface area contributed by atoms with Crippen LogP contribution in [0.2, 0.25) is 0 Å². The zero-order valence-corrected chi connectivity index (χ0v) is 22.7. The van der Waals surface area contributed by atoms with Crippen LogP contribution < -0.4 is 33.2 Å². The summed E-state index contributed by atoms with van der Waals surface area (Å²) in [6.07, 6.45) is 6.91. The molecule has 1 saturated heterocycles. The molecule has 8 nitrogen and oxygen atoms in total. The molecule has 198 valence electrons. The number of carboxylic acid groups (broad SMARTS) is 1. The number of rotatable bonds is 11. The van der Waals surface area contributed by atoms with Crippen molar-refractivity contribution in [3.63, 3.8) is 0 Å². The molecule has 3 aromatic rings. The fourth-order valence-electron chi connectivity index (χ4n) is 4.49. The van der Waals surface area contributed by atoms with Crippen molar-refractivity contribution in [1.82, 2.24) is 9.71 Å². The number of nitrogens with zero attached hydrogens (tertiary/aromatic N) is 2. The van der Waals surface area contributed by atoms with E-state index in [1.807, 2.05) is 31.5 Å². The van der Waals surface area contributed by atoms with Crippen LogP contribution in [-0.2, 0) is 21.2 Å². The standard InChI is InChI=1S/C28H33N3O5S.Li.H/c1-21-2-8-26(9-3-21)37(34,35)30-27(28(32)33)20-23-4-6-25(7-5-23)36-19-14-22-12-17-31(18-13-22)24-10-15-29-16-11-24;;/h2-11,15-16,22,27,30H,12-14,17-20H2,1H3,(H,32,33);;/q;+1;-1. The first kappa shape index (κ1) is 29.7. The second kappa shape index (κ2) is 13.8. The summed E-state index contributed by atoms with van der Waals surface area (Å²) in [5.41, 5.74) is 2.84. The fraction of sp³-hybridized carbons (Fsp3) is 0.357. The van der Waals surface area contributed by atoms with E-state index in [1.54, 1.807) is 36.4 Å². The van der Waals surface area contributed by atoms with E-state index in [4.69, 9.17) is 4.74 Å². The number of hydrogen-bond donors (Lipinski definition) is 2. The minimum absolute atomic E-state index is 0. The Balaban J connectivity index is 0.00000267. The molecule has 1 aliphatic heterocycles. The number of nitrogens with one attached hydrogen (secondary N) is 1. The van der Waals surface area contributed by atoms with Gasteiger partial charge >= 0.3 is 24.8 Å². The molecule has 1 atom stereocenters. The van der Waals surface area contributed by atoms with Crippen LogP contribution in [0.1, 0.15) is 31.8 Å². The molecule has 1 aromatic heterocycles. The van der Waals surface area contributed by atoms with Gasteiger partial charge in [-0.3, -0.25) is 9.78 Å². The topological polar surface area (TPSA) is 109 Å². The molecule has 0 aliphatic carbocycles. The van der Waals surface area contributed by atoms with Crippen LogP contribution in [0.25, 0.3) is 0 Å². The average molecular weight is 532 g/mol.